The molecule has 0 saturated carbocycles. The second kappa shape index (κ2) is 8.55. The second-order valence-corrected chi connectivity index (χ2v) is 7.50. The fraction of sp³-hybridized carbons (Fsp3) is 0.565. The highest BCUT2D eigenvalue weighted by atomic mass is 15.1. The molecule has 0 spiro atoms. The molecule has 0 aromatic carbocycles. The van der Waals surface area contributed by atoms with Gasteiger partial charge in [0.05, 0.1) is 0 Å². The van der Waals surface area contributed by atoms with Crippen molar-refractivity contribution >= 4 is 0 Å². The Labute approximate surface area is 149 Å². The van der Waals surface area contributed by atoms with Gasteiger partial charge >= 0.3 is 0 Å². The topological polar surface area (TPSA) is 3.24 Å². The van der Waals surface area contributed by atoms with Crippen LogP contribution < -0.4 is 0 Å². The maximum absolute atomic E-state index is 2.47. The number of hydrogen-bond donors (Lipinski definition) is 0. The fourth-order valence-corrected chi connectivity index (χ4v) is 3.72. The number of rotatable bonds is 4. The summed E-state index contributed by atoms with van der Waals surface area (Å²) in [7, 11) is 0. The van der Waals surface area contributed by atoms with E-state index in [4.69, 9.17) is 0 Å². The van der Waals surface area contributed by atoms with Crippen LogP contribution in [-0.2, 0) is 0 Å². The van der Waals surface area contributed by atoms with Crippen molar-refractivity contribution in [3.8, 4) is 0 Å². The van der Waals surface area contributed by atoms with Crippen LogP contribution in [0.3, 0.4) is 0 Å². The molecule has 1 heteroatoms. The zero-order valence-electron chi connectivity index (χ0n) is 16.5. The van der Waals surface area contributed by atoms with Crippen molar-refractivity contribution in [2.45, 2.75) is 73.3 Å². The van der Waals surface area contributed by atoms with Crippen LogP contribution in [0.1, 0.15) is 67.2 Å². The van der Waals surface area contributed by atoms with E-state index in [0.717, 1.165) is 5.92 Å². The zero-order chi connectivity index (χ0) is 17.7. The Morgan fingerprint density at radius 1 is 1.21 bits per heavy atom. The van der Waals surface area contributed by atoms with Crippen molar-refractivity contribution in [3.05, 3.63) is 59.0 Å². The van der Waals surface area contributed by atoms with Crippen molar-refractivity contribution in [1.29, 1.82) is 0 Å². The monoisotopic (exact) mass is 325 g/mol. The molecule has 2 rings (SSSR count). The highest BCUT2D eigenvalue weighted by molar-refractivity contribution is 5.51. The molecule has 0 radical (unpaired) electrons. The standard InChI is InChI=1S/C23H35N/c1-7-9-21-12-10-17(3)20(6)23(15-13-21)22-14-11-19(5)24(16-22)18(4)8-2/h8,11,13-17,19,21H,7,9-10,12H2,1-6H3/b15-13-,18-8-,23-20-. The van der Waals surface area contributed by atoms with Crippen LogP contribution in [0.25, 0.3) is 0 Å². The first-order valence-electron chi connectivity index (χ1n) is 9.68. The molecule has 3 unspecified atom stereocenters. The molecule has 2 aliphatic rings. The number of hydrogen-bond acceptors (Lipinski definition) is 1. The van der Waals surface area contributed by atoms with Crippen molar-refractivity contribution in [1.82, 2.24) is 4.90 Å². The van der Waals surface area contributed by atoms with Gasteiger partial charge in [0, 0.05) is 17.9 Å². The zero-order valence-corrected chi connectivity index (χ0v) is 16.5. The maximum Gasteiger partial charge on any atom is 0.0488 e. The van der Waals surface area contributed by atoms with Gasteiger partial charge in [0.1, 0.15) is 0 Å². The van der Waals surface area contributed by atoms with Crippen molar-refractivity contribution in [2.24, 2.45) is 11.8 Å². The van der Waals surface area contributed by atoms with E-state index in [2.05, 4.69) is 83.0 Å². The molecular formula is C23H35N. The molecule has 0 fully saturated rings. The molecule has 1 heterocycles. The molecule has 0 bridgehead atoms. The highest BCUT2D eigenvalue weighted by Gasteiger charge is 2.20. The molecule has 3 atom stereocenters. The lowest BCUT2D eigenvalue weighted by Crippen LogP contribution is -2.27. The van der Waals surface area contributed by atoms with E-state index >= 15 is 0 Å². The molecule has 0 saturated heterocycles. The van der Waals surface area contributed by atoms with Crippen molar-refractivity contribution in [2.75, 3.05) is 0 Å². The van der Waals surface area contributed by atoms with Gasteiger partial charge in [-0.1, -0.05) is 56.2 Å². The van der Waals surface area contributed by atoms with Crippen LogP contribution >= 0.6 is 0 Å². The average Bonchev–Trinajstić information content (AvgIpc) is 2.58. The summed E-state index contributed by atoms with van der Waals surface area (Å²) < 4.78 is 0. The van der Waals surface area contributed by atoms with Gasteiger partial charge in [-0.2, -0.15) is 0 Å². The van der Waals surface area contributed by atoms with E-state index in [9.17, 15) is 0 Å². The van der Waals surface area contributed by atoms with Gasteiger partial charge in [0.2, 0.25) is 0 Å². The van der Waals surface area contributed by atoms with E-state index in [1.807, 2.05) is 0 Å². The predicted octanol–water partition coefficient (Wildman–Crippen LogP) is 6.77. The summed E-state index contributed by atoms with van der Waals surface area (Å²) in [6, 6.07) is 0.425. The van der Waals surface area contributed by atoms with Crippen LogP contribution in [0.4, 0.5) is 0 Å². The summed E-state index contributed by atoms with van der Waals surface area (Å²) in [4.78, 5) is 2.39. The molecular weight excluding hydrogens is 290 g/mol. The lowest BCUT2D eigenvalue weighted by Gasteiger charge is -2.31. The van der Waals surface area contributed by atoms with Gasteiger partial charge in [0.25, 0.3) is 0 Å². The smallest absolute Gasteiger partial charge is 0.0488 e. The Morgan fingerprint density at radius 3 is 2.62 bits per heavy atom. The van der Waals surface area contributed by atoms with Crippen LogP contribution in [0.15, 0.2) is 59.0 Å². The summed E-state index contributed by atoms with van der Waals surface area (Å²) >= 11 is 0. The molecule has 1 aliphatic heterocycles. The number of nitrogens with zero attached hydrogens (tertiary/aromatic N) is 1. The molecule has 1 aliphatic carbocycles. The van der Waals surface area contributed by atoms with Crippen molar-refractivity contribution in [3.63, 3.8) is 0 Å². The van der Waals surface area contributed by atoms with Crippen molar-refractivity contribution < 1.29 is 0 Å². The first-order chi connectivity index (χ1) is 11.5. The Kier molecular flexibility index (Phi) is 6.71. The molecule has 0 aromatic rings. The Balaban J connectivity index is 2.39. The third-order valence-corrected chi connectivity index (χ3v) is 5.74. The largest absolute Gasteiger partial charge is 0.345 e. The summed E-state index contributed by atoms with van der Waals surface area (Å²) in [5, 5.41) is 0. The van der Waals surface area contributed by atoms with Gasteiger partial charge in [-0.3, -0.25) is 0 Å². The van der Waals surface area contributed by atoms with Gasteiger partial charge in [-0.15, -0.1) is 0 Å². The third-order valence-electron chi connectivity index (χ3n) is 5.74. The molecule has 132 valence electrons. The summed E-state index contributed by atoms with van der Waals surface area (Å²) in [5.74, 6) is 1.40. The molecule has 24 heavy (non-hydrogen) atoms. The Hall–Kier alpha value is -1.50. The maximum atomic E-state index is 2.47. The first-order valence-corrected chi connectivity index (χ1v) is 9.68. The predicted molar refractivity (Wildman–Crippen MR) is 107 cm³/mol. The van der Waals surface area contributed by atoms with E-state index in [1.54, 1.807) is 0 Å². The van der Waals surface area contributed by atoms with E-state index in [0.29, 0.717) is 12.0 Å². The second-order valence-electron chi connectivity index (χ2n) is 7.50. The summed E-state index contributed by atoms with van der Waals surface area (Å²) in [5.41, 5.74) is 5.63. The fourth-order valence-electron chi connectivity index (χ4n) is 3.72. The van der Waals surface area contributed by atoms with Gasteiger partial charge in [-0.25, -0.2) is 0 Å². The molecule has 1 nitrogen and oxygen atoms in total. The lowest BCUT2D eigenvalue weighted by atomic mass is 9.82. The summed E-state index contributed by atoms with van der Waals surface area (Å²) in [6.45, 7) is 13.6. The SMILES string of the molecule is C/C=C(/C)N1C=C(C2=C(/C)C(C)CCC(CCC)/C=C\2)C=CC1C. The van der Waals surface area contributed by atoms with E-state index < -0.39 is 0 Å². The Morgan fingerprint density at radius 2 is 1.96 bits per heavy atom. The molecule has 0 amide bonds. The average molecular weight is 326 g/mol. The van der Waals surface area contributed by atoms with E-state index in [1.165, 1.54) is 48.1 Å². The van der Waals surface area contributed by atoms with Crippen LogP contribution in [0.2, 0.25) is 0 Å². The first kappa shape index (κ1) is 18.8. The van der Waals surface area contributed by atoms with Gasteiger partial charge in [-0.05, 0) is 69.9 Å². The van der Waals surface area contributed by atoms with Crippen LogP contribution in [-0.4, -0.2) is 10.9 Å². The minimum Gasteiger partial charge on any atom is -0.345 e. The minimum atomic E-state index is 0.425. The quantitative estimate of drug-likeness (QED) is 0.551. The molecule has 0 aromatic heterocycles. The molecule has 0 N–H and O–H groups in total. The Bertz CT molecular complexity index is 585. The highest BCUT2D eigenvalue weighted by Crippen LogP contribution is 2.33. The van der Waals surface area contributed by atoms with Gasteiger partial charge < -0.3 is 4.90 Å². The number of allylic oxidation sites excluding steroid dienone is 8. The third kappa shape index (κ3) is 4.32. The lowest BCUT2D eigenvalue weighted by molar-refractivity contribution is 0.408. The van der Waals surface area contributed by atoms with Gasteiger partial charge in [0.15, 0.2) is 0 Å². The van der Waals surface area contributed by atoms with Crippen LogP contribution in [0.5, 0.6) is 0 Å². The van der Waals surface area contributed by atoms with E-state index in [-0.39, 0.29) is 0 Å². The normalized spacial score (nSPS) is 33.1. The van der Waals surface area contributed by atoms with Crippen LogP contribution in [0, 0.1) is 11.8 Å². The minimum absolute atomic E-state index is 0.425. The summed E-state index contributed by atoms with van der Waals surface area (Å²) in [6.07, 6.45) is 19.3.